The summed E-state index contributed by atoms with van der Waals surface area (Å²) in [6.07, 6.45) is 3.60. The van der Waals surface area contributed by atoms with Gasteiger partial charge in [0.1, 0.15) is 0 Å². The van der Waals surface area contributed by atoms with Crippen LogP contribution in [0.4, 0.5) is 0 Å². The Morgan fingerprint density at radius 3 is 2.59 bits per heavy atom. The van der Waals surface area contributed by atoms with Crippen LogP contribution < -0.4 is 0 Å². The Bertz CT molecular complexity index is 368. The van der Waals surface area contributed by atoms with Gasteiger partial charge in [-0.2, -0.15) is 0 Å². The van der Waals surface area contributed by atoms with Crippen molar-refractivity contribution >= 4 is 5.97 Å². The van der Waals surface area contributed by atoms with Crippen molar-refractivity contribution in [3.05, 3.63) is 24.0 Å². The molecule has 17 heavy (non-hydrogen) atoms. The molecule has 3 N–H and O–H groups in total. The van der Waals surface area contributed by atoms with Crippen LogP contribution in [0.1, 0.15) is 18.5 Å². The number of aromatic nitrogens is 1. The summed E-state index contributed by atoms with van der Waals surface area (Å²) in [7, 11) is 2.04. The molecule has 5 heteroatoms. The lowest BCUT2D eigenvalue weighted by molar-refractivity contribution is -0.143. The SMILES string of the molecule is Cn1cccc1CN1CCC(C(=O)O)CC1.O. The first-order chi connectivity index (χ1) is 7.66. The Morgan fingerprint density at radius 1 is 1.47 bits per heavy atom. The van der Waals surface area contributed by atoms with Crippen molar-refractivity contribution in [1.82, 2.24) is 9.47 Å². The van der Waals surface area contributed by atoms with Crippen molar-refractivity contribution in [1.29, 1.82) is 0 Å². The lowest BCUT2D eigenvalue weighted by atomic mass is 9.97. The number of aryl methyl sites for hydroxylation is 1. The molecule has 1 saturated heterocycles. The van der Waals surface area contributed by atoms with Crippen molar-refractivity contribution in [2.45, 2.75) is 19.4 Å². The summed E-state index contributed by atoms with van der Waals surface area (Å²) in [5.74, 6) is -0.775. The smallest absolute Gasteiger partial charge is 0.306 e. The summed E-state index contributed by atoms with van der Waals surface area (Å²) >= 11 is 0. The predicted molar refractivity (Wildman–Crippen MR) is 64.7 cm³/mol. The van der Waals surface area contributed by atoms with Gasteiger partial charge in [0.2, 0.25) is 0 Å². The number of likely N-dealkylation sites (tertiary alicyclic amines) is 1. The minimum absolute atomic E-state index is 0. The van der Waals surface area contributed by atoms with Crippen LogP contribution in [0, 0.1) is 5.92 Å². The van der Waals surface area contributed by atoms with Crippen LogP contribution in [0.15, 0.2) is 18.3 Å². The second-order valence-corrected chi connectivity index (χ2v) is 4.50. The summed E-state index contributed by atoms with van der Waals surface area (Å²) in [4.78, 5) is 13.1. The number of carboxylic acids is 1. The fourth-order valence-electron chi connectivity index (χ4n) is 2.23. The Hall–Kier alpha value is -1.33. The number of nitrogens with zero attached hydrogens (tertiary/aromatic N) is 2. The molecule has 0 radical (unpaired) electrons. The van der Waals surface area contributed by atoms with Gasteiger partial charge in [-0.3, -0.25) is 9.69 Å². The maximum absolute atomic E-state index is 10.8. The van der Waals surface area contributed by atoms with E-state index in [1.807, 2.05) is 19.3 Å². The van der Waals surface area contributed by atoms with E-state index in [9.17, 15) is 4.79 Å². The van der Waals surface area contributed by atoms with E-state index in [0.29, 0.717) is 0 Å². The standard InChI is InChI=1S/C12H18N2O2.H2O/c1-13-6-2-3-11(13)9-14-7-4-10(5-8-14)12(15)16;/h2-3,6,10H,4-5,7-9H2,1H3,(H,15,16);1H2. The molecule has 0 spiro atoms. The third kappa shape index (κ3) is 3.31. The van der Waals surface area contributed by atoms with Gasteiger partial charge in [0.05, 0.1) is 5.92 Å². The largest absolute Gasteiger partial charge is 0.481 e. The number of carbonyl (C=O) groups is 1. The predicted octanol–water partition coefficient (Wildman–Crippen LogP) is 0.497. The first-order valence-electron chi connectivity index (χ1n) is 5.72. The number of carboxylic acid groups (broad SMARTS) is 1. The Morgan fingerprint density at radius 2 is 2.12 bits per heavy atom. The van der Waals surface area contributed by atoms with Crippen molar-refractivity contribution in [2.75, 3.05) is 13.1 Å². The minimum atomic E-state index is -0.640. The van der Waals surface area contributed by atoms with E-state index in [1.54, 1.807) is 0 Å². The first kappa shape index (κ1) is 13.7. The second-order valence-electron chi connectivity index (χ2n) is 4.50. The monoisotopic (exact) mass is 240 g/mol. The highest BCUT2D eigenvalue weighted by atomic mass is 16.4. The van der Waals surface area contributed by atoms with Crippen LogP contribution in [0.3, 0.4) is 0 Å². The van der Waals surface area contributed by atoms with Crippen molar-refractivity contribution < 1.29 is 15.4 Å². The maximum atomic E-state index is 10.8. The van der Waals surface area contributed by atoms with Gasteiger partial charge in [0.25, 0.3) is 0 Å². The molecule has 2 heterocycles. The van der Waals surface area contributed by atoms with Crippen LogP contribution in [-0.2, 0) is 18.4 Å². The molecule has 96 valence electrons. The van der Waals surface area contributed by atoms with E-state index in [-0.39, 0.29) is 11.4 Å². The molecular weight excluding hydrogens is 220 g/mol. The summed E-state index contributed by atoms with van der Waals surface area (Å²) < 4.78 is 2.11. The summed E-state index contributed by atoms with van der Waals surface area (Å²) in [6, 6.07) is 4.16. The molecule has 0 aromatic carbocycles. The molecule has 1 aliphatic rings. The summed E-state index contributed by atoms with van der Waals surface area (Å²) in [6.45, 7) is 2.71. The summed E-state index contributed by atoms with van der Waals surface area (Å²) in [5.41, 5.74) is 1.29. The molecule has 1 aromatic heterocycles. The number of aliphatic carboxylic acids is 1. The van der Waals surface area contributed by atoms with Gasteiger partial charge in [-0.15, -0.1) is 0 Å². The molecule has 0 saturated carbocycles. The van der Waals surface area contributed by atoms with Crippen LogP contribution in [0.25, 0.3) is 0 Å². The average molecular weight is 240 g/mol. The highest BCUT2D eigenvalue weighted by Gasteiger charge is 2.24. The van der Waals surface area contributed by atoms with Crippen molar-refractivity contribution in [3.63, 3.8) is 0 Å². The maximum Gasteiger partial charge on any atom is 0.306 e. The molecule has 1 aromatic rings. The highest BCUT2D eigenvalue weighted by Crippen LogP contribution is 2.19. The van der Waals surface area contributed by atoms with Crippen LogP contribution in [0.2, 0.25) is 0 Å². The van der Waals surface area contributed by atoms with Crippen LogP contribution in [-0.4, -0.2) is 39.1 Å². The Labute approximate surface area is 101 Å². The fraction of sp³-hybridized carbons (Fsp3) is 0.583. The van der Waals surface area contributed by atoms with Gasteiger partial charge in [-0.05, 0) is 38.1 Å². The first-order valence-corrected chi connectivity index (χ1v) is 5.72. The zero-order chi connectivity index (χ0) is 11.5. The quantitative estimate of drug-likeness (QED) is 0.835. The molecule has 0 bridgehead atoms. The topological polar surface area (TPSA) is 77.0 Å². The van der Waals surface area contributed by atoms with E-state index in [4.69, 9.17) is 5.11 Å². The van der Waals surface area contributed by atoms with E-state index in [2.05, 4.69) is 15.5 Å². The van der Waals surface area contributed by atoms with Gasteiger partial charge in [0, 0.05) is 25.5 Å². The van der Waals surface area contributed by atoms with Gasteiger partial charge in [0.15, 0.2) is 0 Å². The van der Waals surface area contributed by atoms with E-state index in [0.717, 1.165) is 32.5 Å². The molecule has 1 aliphatic heterocycles. The van der Waals surface area contributed by atoms with Gasteiger partial charge >= 0.3 is 5.97 Å². The minimum Gasteiger partial charge on any atom is -0.481 e. The van der Waals surface area contributed by atoms with Gasteiger partial charge in [-0.1, -0.05) is 0 Å². The number of rotatable bonds is 3. The number of hydrogen-bond donors (Lipinski definition) is 1. The molecule has 0 aliphatic carbocycles. The zero-order valence-electron chi connectivity index (χ0n) is 10.1. The molecule has 0 atom stereocenters. The third-order valence-electron chi connectivity index (χ3n) is 3.37. The molecular formula is C12H20N2O3. The van der Waals surface area contributed by atoms with Gasteiger partial charge < -0.3 is 15.1 Å². The third-order valence-corrected chi connectivity index (χ3v) is 3.37. The second kappa shape index (κ2) is 5.84. The highest BCUT2D eigenvalue weighted by molar-refractivity contribution is 5.70. The molecule has 2 rings (SSSR count). The molecule has 0 amide bonds. The normalized spacial score (nSPS) is 17.7. The van der Waals surface area contributed by atoms with Crippen LogP contribution >= 0.6 is 0 Å². The fourth-order valence-corrected chi connectivity index (χ4v) is 2.23. The molecule has 0 unspecified atom stereocenters. The van der Waals surface area contributed by atoms with E-state index in [1.165, 1.54) is 5.69 Å². The number of hydrogen-bond acceptors (Lipinski definition) is 2. The lowest BCUT2D eigenvalue weighted by Crippen LogP contribution is -2.36. The van der Waals surface area contributed by atoms with E-state index < -0.39 is 5.97 Å². The zero-order valence-corrected chi connectivity index (χ0v) is 10.1. The molecule has 1 fully saturated rings. The van der Waals surface area contributed by atoms with E-state index >= 15 is 0 Å². The van der Waals surface area contributed by atoms with Gasteiger partial charge in [-0.25, -0.2) is 0 Å². The molecule has 5 nitrogen and oxygen atoms in total. The van der Waals surface area contributed by atoms with Crippen molar-refractivity contribution in [3.8, 4) is 0 Å². The Kier molecular flexibility index (Phi) is 4.72. The van der Waals surface area contributed by atoms with Crippen molar-refractivity contribution in [2.24, 2.45) is 13.0 Å². The lowest BCUT2D eigenvalue weighted by Gasteiger charge is -2.29. The average Bonchev–Trinajstić information content (AvgIpc) is 2.65. The van der Waals surface area contributed by atoms with Crippen LogP contribution in [0.5, 0.6) is 0 Å². The Balaban J connectivity index is 0.00000144. The summed E-state index contributed by atoms with van der Waals surface area (Å²) in [5, 5.41) is 8.90. The number of piperidine rings is 1.